The average Bonchev–Trinajstić information content (AvgIpc) is 2.99. The van der Waals surface area contributed by atoms with Crippen LogP contribution in [0.2, 0.25) is 0 Å². The number of nitrogens with one attached hydrogen (secondary N) is 2. The first-order chi connectivity index (χ1) is 20.8. The smallest absolute Gasteiger partial charge is 0.354 e. The van der Waals surface area contributed by atoms with Gasteiger partial charge in [-0.05, 0) is 81.0 Å². The molecule has 0 unspecified atom stereocenters. The van der Waals surface area contributed by atoms with E-state index < -0.39 is 11.7 Å². The topological polar surface area (TPSA) is 176 Å². The zero-order valence-corrected chi connectivity index (χ0v) is 24.8. The van der Waals surface area contributed by atoms with Crippen LogP contribution in [0.25, 0.3) is 5.69 Å². The van der Waals surface area contributed by atoms with E-state index in [4.69, 9.17) is 17.2 Å². The Morgan fingerprint density at radius 1 is 0.930 bits per heavy atom. The molecule has 1 fully saturated rings. The molecule has 3 aromatic rings. The number of carbonyl (C=O) groups is 1. The number of benzene rings is 2. The van der Waals surface area contributed by atoms with Gasteiger partial charge in [0.1, 0.15) is 5.82 Å². The number of hydrogen-bond acceptors (Lipinski definition) is 8. The Kier molecular flexibility index (Phi) is 11.5. The number of aromatic nitrogens is 2. The lowest BCUT2D eigenvalue weighted by Gasteiger charge is -2.34. The molecule has 0 aliphatic carbocycles. The molecule has 0 atom stereocenters. The van der Waals surface area contributed by atoms with Crippen LogP contribution in [0.3, 0.4) is 0 Å². The van der Waals surface area contributed by atoms with Crippen molar-refractivity contribution in [2.45, 2.75) is 19.4 Å². The minimum Gasteiger partial charge on any atom is -0.370 e. The number of aliphatic imine (C=N–C) groups is 1. The molecule has 13 nitrogen and oxygen atoms in total. The maximum absolute atomic E-state index is 12.8. The highest BCUT2D eigenvalue weighted by Crippen LogP contribution is 2.19. The van der Waals surface area contributed by atoms with Crippen molar-refractivity contribution in [2.75, 3.05) is 74.9 Å². The number of anilines is 3. The molecule has 0 bridgehead atoms. The number of nitrogens with two attached hydrogens (primary N) is 3. The summed E-state index contributed by atoms with van der Waals surface area (Å²) in [5.41, 5.74) is 19.6. The van der Waals surface area contributed by atoms with E-state index >= 15 is 0 Å². The fourth-order valence-electron chi connectivity index (χ4n) is 4.88. The van der Waals surface area contributed by atoms with Gasteiger partial charge in [0.15, 0.2) is 5.96 Å². The van der Waals surface area contributed by atoms with Gasteiger partial charge in [0, 0.05) is 63.4 Å². The molecule has 2 heterocycles. The first kappa shape index (κ1) is 31.5. The van der Waals surface area contributed by atoms with Crippen LogP contribution >= 0.6 is 0 Å². The number of carbonyl (C=O) groups excluding carboxylic acids is 1. The number of piperazine rings is 1. The normalized spacial score (nSPS) is 13.6. The third-order valence-corrected chi connectivity index (χ3v) is 7.26. The van der Waals surface area contributed by atoms with Crippen molar-refractivity contribution < 1.29 is 4.79 Å². The van der Waals surface area contributed by atoms with Crippen molar-refractivity contribution in [1.29, 1.82) is 0 Å². The zero-order valence-electron chi connectivity index (χ0n) is 24.8. The highest BCUT2D eigenvalue weighted by Gasteiger charge is 2.14. The summed E-state index contributed by atoms with van der Waals surface area (Å²) in [7, 11) is 2.12. The Bertz CT molecular complexity index is 1390. The van der Waals surface area contributed by atoms with Gasteiger partial charge >= 0.3 is 11.7 Å². The van der Waals surface area contributed by atoms with Gasteiger partial charge in [-0.3, -0.25) is 19.8 Å². The van der Waals surface area contributed by atoms with Crippen molar-refractivity contribution in [3.63, 3.8) is 0 Å². The molecular weight excluding hydrogens is 546 g/mol. The van der Waals surface area contributed by atoms with E-state index in [2.05, 4.69) is 42.4 Å². The summed E-state index contributed by atoms with van der Waals surface area (Å²) in [4.78, 5) is 40.4. The standard InChI is InChI=1S/C30H43N11O2/c1-38-18-20-40(21-19-38)25-10-6-24(7-11-25)35-29(42)36-27-12-17-41(30(43)37-27)26-8-4-23(5-9-26)22-39(15-2-13-31)16-3-14-34-28(32)33/h4-12,17H,2-3,13-16,18-22,31H2,1H3,(H4,32,33,34)(H2,35,36,37,42,43). The lowest BCUT2D eigenvalue weighted by atomic mass is 10.1. The van der Waals surface area contributed by atoms with Crippen molar-refractivity contribution in [2.24, 2.45) is 22.2 Å². The molecule has 2 aromatic carbocycles. The predicted molar refractivity (Wildman–Crippen MR) is 173 cm³/mol. The first-order valence-corrected chi connectivity index (χ1v) is 14.6. The number of guanidine groups is 1. The number of urea groups is 1. The molecule has 1 aliphatic heterocycles. The number of rotatable bonds is 13. The van der Waals surface area contributed by atoms with E-state index in [0.717, 1.165) is 69.9 Å². The van der Waals surface area contributed by atoms with E-state index in [-0.39, 0.29) is 11.8 Å². The fraction of sp³-hybridized carbons (Fsp3) is 0.400. The van der Waals surface area contributed by atoms with Crippen LogP contribution in [-0.2, 0) is 6.54 Å². The molecule has 0 radical (unpaired) electrons. The highest BCUT2D eigenvalue weighted by atomic mass is 16.2. The van der Waals surface area contributed by atoms with Gasteiger partial charge in [-0.2, -0.15) is 4.98 Å². The van der Waals surface area contributed by atoms with Gasteiger partial charge in [-0.15, -0.1) is 0 Å². The summed E-state index contributed by atoms with van der Waals surface area (Å²) in [5.74, 6) is 0.268. The van der Waals surface area contributed by atoms with Gasteiger partial charge in [0.2, 0.25) is 0 Å². The SMILES string of the molecule is CN1CCN(c2ccc(NC(=O)Nc3ccn(-c4ccc(CN(CCCN)CCCN=C(N)N)cc4)c(=O)n3)cc2)CC1. The van der Waals surface area contributed by atoms with Crippen molar-refractivity contribution >= 4 is 29.2 Å². The molecule has 13 heteroatoms. The molecule has 2 amide bonds. The lowest BCUT2D eigenvalue weighted by molar-refractivity contribution is 0.262. The van der Waals surface area contributed by atoms with Gasteiger partial charge in [-0.25, -0.2) is 9.59 Å². The first-order valence-electron chi connectivity index (χ1n) is 14.6. The summed E-state index contributed by atoms with van der Waals surface area (Å²) in [6.07, 6.45) is 3.33. The van der Waals surface area contributed by atoms with Crippen LogP contribution in [-0.4, -0.2) is 90.7 Å². The Balaban J connectivity index is 1.31. The number of likely N-dealkylation sites (N-methyl/N-ethyl adjacent to an activating group) is 1. The summed E-state index contributed by atoms with van der Waals surface area (Å²) in [6.45, 7) is 7.65. The average molecular weight is 590 g/mol. The zero-order chi connectivity index (χ0) is 30.6. The maximum Gasteiger partial charge on any atom is 0.354 e. The van der Waals surface area contributed by atoms with Crippen LogP contribution < -0.4 is 38.4 Å². The molecule has 0 spiro atoms. The van der Waals surface area contributed by atoms with Crippen LogP contribution in [0.1, 0.15) is 18.4 Å². The van der Waals surface area contributed by atoms with Crippen LogP contribution in [0.4, 0.5) is 22.0 Å². The quantitative estimate of drug-likeness (QED) is 0.112. The van der Waals surface area contributed by atoms with Gasteiger partial charge in [0.05, 0.1) is 5.69 Å². The van der Waals surface area contributed by atoms with Crippen LogP contribution in [0.5, 0.6) is 0 Å². The summed E-state index contributed by atoms with van der Waals surface area (Å²) >= 11 is 0. The van der Waals surface area contributed by atoms with Crippen molar-refractivity contribution in [3.05, 3.63) is 76.8 Å². The summed E-state index contributed by atoms with van der Waals surface area (Å²) in [5, 5.41) is 5.44. The summed E-state index contributed by atoms with van der Waals surface area (Å²) in [6, 6.07) is 16.6. The third-order valence-electron chi connectivity index (χ3n) is 7.26. The maximum atomic E-state index is 12.8. The van der Waals surface area contributed by atoms with Gasteiger partial charge < -0.3 is 32.3 Å². The molecule has 8 N–H and O–H groups in total. The van der Waals surface area contributed by atoms with Crippen molar-refractivity contribution in [3.8, 4) is 5.69 Å². The molecule has 1 aliphatic rings. The van der Waals surface area contributed by atoms with E-state index in [1.54, 1.807) is 12.3 Å². The van der Waals surface area contributed by atoms with E-state index in [1.807, 2.05) is 48.5 Å². The third kappa shape index (κ3) is 9.81. The molecular formula is C30H43N11O2. The Morgan fingerprint density at radius 3 is 2.26 bits per heavy atom. The van der Waals surface area contributed by atoms with E-state index in [1.165, 1.54) is 4.57 Å². The number of nitrogens with zero attached hydrogens (tertiary/aromatic N) is 6. The fourth-order valence-corrected chi connectivity index (χ4v) is 4.88. The monoisotopic (exact) mass is 589 g/mol. The second kappa shape index (κ2) is 15.7. The van der Waals surface area contributed by atoms with Crippen molar-refractivity contribution in [1.82, 2.24) is 19.4 Å². The lowest BCUT2D eigenvalue weighted by Crippen LogP contribution is -2.44. The number of hydrogen-bond donors (Lipinski definition) is 5. The van der Waals surface area contributed by atoms with Gasteiger partial charge in [-0.1, -0.05) is 12.1 Å². The molecule has 4 rings (SSSR count). The molecule has 43 heavy (non-hydrogen) atoms. The van der Waals surface area contributed by atoms with Crippen LogP contribution in [0.15, 0.2) is 70.6 Å². The molecule has 1 saturated heterocycles. The predicted octanol–water partition coefficient (Wildman–Crippen LogP) is 1.44. The number of amides is 2. The molecule has 1 aromatic heterocycles. The van der Waals surface area contributed by atoms with Gasteiger partial charge in [0.25, 0.3) is 0 Å². The van der Waals surface area contributed by atoms with E-state index in [0.29, 0.717) is 24.5 Å². The summed E-state index contributed by atoms with van der Waals surface area (Å²) < 4.78 is 1.44. The van der Waals surface area contributed by atoms with Crippen LogP contribution in [0, 0.1) is 0 Å². The second-order valence-electron chi connectivity index (χ2n) is 10.6. The minimum atomic E-state index is -0.494. The highest BCUT2D eigenvalue weighted by molar-refractivity contribution is 5.99. The Morgan fingerprint density at radius 2 is 1.60 bits per heavy atom. The Labute approximate surface area is 252 Å². The Hall–Kier alpha value is -4.46. The molecule has 230 valence electrons. The second-order valence-corrected chi connectivity index (χ2v) is 10.6. The van der Waals surface area contributed by atoms with E-state index in [9.17, 15) is 9.59 Å². The minimum absolute atomic E-state index is 0.100. The largest absolute Gasteiger partial charge is 0.370 e. The molecule has 0 saturated carbocycles.